The summed E-state index contributed by atoms with van der Waals surface area (Å²) in [5, 5.41) is 12.6. The Bertz CT molecular complexity index is 1470. The molecule has 2 aliphatic rings. The second kappa shape index (κ2) is 8.67. The number of imidazole rings is 1. The summed E-state index contributed by atoms with van der Waals surface area (Å²) in [7, 11) is 2.04. The Kier molecular flexibility index (Phi) is 5.34. The standard InChI is InChI=1S/C27H25FN6O/c1-33-8-9-35-24-11-19(4-5-22(24)33)26-25(18-2-3-20(12-29)21(28)10-18)27-23(14-31-26)34(16-32-27)15-17-6-7-30-13-17/h2-5,10-11,14,16-17,30H,6-9,13,15H2,1H3. The second-order valence-electron chi connectivity index (χ2n) is 9.23. The van der Waals surface area contributed by atoms with Crippen molar-refractivity contribution in [2.45, 2.75) is 13.0 Å². The van der Waals surface area contributed by atoms with E-state index in [0.29, 0.717) is 23.8 Å². The van der Waals surface area contributed by atoms with Gasteiger partial charge in [0.25, 0.3) is 0 Å². The molecule has 0 saturated carbocycles. The van der Waals surface area contributed by atoms with Gasteiger partial charge in [-0.15, -0.1) is 0 Å². The van der Waals surface area contributed by atoms with E-state index in [2.05, 4.69) is 14.8 Å². The van der Waals surface area contributed by atoms with Crippen LogP contribution in [0.4, 0.5) is 10.1 Å². The summed E-state index contributed by atoms with van der Waals surface area (Å²) in [5.41, 5.74) is 5.68. The lowest BCUT2D eigenvalue weighted by atomic mass is 9.96. The molecule has 4 aromatic rings. The van der Waals surface area contributed by atoms with E-state index in [9.17, 15) is 9.65 Å². The molecule has 2 aliphatic heterocycles. The van der Waals surface area contributed by atoms with Crippen molar-refractivity contribution in [1.29, 1.82) is 5.26 Å². The summed E-state index contributed by atoms with van der Waals surface area (Å²) in [4.78, 5) is 11.8. The molecule has 1 unspecified atom stereocenters. The van der Waals surface area contributed by atoms with Crippen molar-refractivity contribution in [3.05, 3.63) is 60.3 Å². The molecule has 1 fully saturated rings. The summed E-state index contributed by atoms with van der Waals surface area (Å²) in [6.07, 6.45) is 4.83. The largest absolute Gasteiger partial charge is 0.490 e. The quantitative estimate of drug-likeness (QED) is 0.483. The molecule has 2 aromatic carbocycles. The first kappa shape index (κ1) is 21.6. The Morgan fingerprint density at radius 3 is 2.89 bits per heavy atom. The van der Waals surface area contributed by atoms with Crippen LogP contribution < -0.4 is 15.0 Å². The highest BCUT2D eigenvalue weighted by atomic mass is 19.1. The van der Waals surface area contributed by atoms with Crippen LogP contribution in [0.15, 0.2) is 48.9 Å². The van der Waals surface area contributed by atoms with Crippen molar-refractivity contribution in [1.82, 2.24) is 19.9 Å². The van der Waals surface area contributed by atoms with Crippen molar-refractivity contribution in [2.75, 3.05) is 38.2 Å². The van der Waals surface area contributed by atoms with Crippen molar-refractivity contribution < 1.29 is 9.13 Å². The second-order valence-corrected chi connectivity index (χ2v) is 9.23. The van der Waals surface area contributed by atoms with Gasteiger partial charge in [0.2, 0.25) is 0 Å². The SMILES string of the molecule is CN1CCOc2cc(-c3ncc4c(ncn4CC4CCNC4)c3-c3ccc(C#N)c(F)c3)ccc21. The van der Waals surface area contributed by atoms with Gasteiger partial charge in [0.1, 0.15) is 29.8 Å². The number of rotatable bonds is 4. The number of hydrogen-bond donors (Lipinski definition) is 1. The maximum absolute atomic E-state index is 14.7. The molecule has 7 nitrogen and oxygen atoms in total. The zero-order chi connectivity index (χ0) is 23.9. The lowest BCUT2D eigenvalue weighted by molar-refractivity contribution is 0.311. The predicted octanol–water partition coefficient (Wildman–Crippen LogP) is 4.21. The Balaban J connectivity index is 1.53. The van der Waals surface area contributed by atoms with Gasteiger partial charge < -0.3 is 19.5 Å². The van der Waals surface area contributed by atoms with Crippen LogP contribution in [0.2, 0.25) is 0 Å². The lowest BCUT2D eigenvalue weighted by Gasteiger charge is -2.28. The maximum atomic E-state index is 14.7. The number of halogens is 1. The number of nitriles is 1. The average molecular weight is 469 g/mol. The average Bonchev–Trinajstić information content (AvgIpc) is 3.54. The van der Waals surface area contributed by atoms with Crippen LogP contribution in [0, 0.1) is 23.1 Å². The van der Waals surface area contributed by atoms with Crippen molar-refractivity contribution in [3.8, 4) is 34.2 Å². The van der Waals surface area contributed by atoms with E-state index >= 15 is 0 Å². The first-order valence-electron chi connectivity index (χ1n) is 11.9. The lowest BCUT2D eigenvalue weighted by Crippen LogP contribution is -2.28. The molecule has 8 heteroatoms. The minimum Gasteiger partial charge on any atom is -0.490 e. The third-order valence-electron chi connectivity index (χ3n) is 6.99. The minimum absolute atomic E-state index is 0.0138. The highest BCUT2D eigenvalue weighted by molar-refractivity contribution is 5.99. The van der Waals surface area contributed by atoms with Gasteiger partial charge in [-0.05, 0) is 55.3 Å². The Morgan fingerprint density at radius 1 is 1.20 bits per heavy atom. The highest BCUT2D eigenvalue weighted by Gasteiger charge is 2.22. The van der Waals surface area contributed by atoms with Crippen LogP contribution in [0.5, 0.6) is 5.75 Å². The summed E-state index contributed by atoms with van der Waals surface area (Å²) in [6.45, 7) is 4.33. The number of nitrogens with zero attached hydrogens (tertiary/aromatic N) is 5. The molecular formula is C27H25FN6O. The number of anilines is 1. The molecular weight excluding hydrogens is 443 g/mol. The number of likely N-dealkylation sites (N-methyl/N-ethyl adjacent to an activating group) is 1. The number of nitrogens with one attached hydrogen (secondary N) is 1. The molecule has 0 spiro atoms. The van der Waals surface area contributed by atoms with Crippen LogP contribution in [0.3, 0.4) is 0 Å². The van der Waals surface area contributed by atoms with Crippen LogP contribution >= 0.6 is 0 Å². The summed E-state index contributed by atoms with van der Waals surface area (Å²) in [6, 6.07) is 12.6. The molecule has 0 bridgehead atoms. The monoisotopic (exact) mass is 468 g/mol. The molecule has 1 N–H and O–H groups in total. The maximum Gasteiger partial charge on any atom is 0.143 e. The summed E-state index contributed by atoms with van der Waals surface area (Å²) < 4.78 is 22.8. The fourth-order valence-corrected chi connectivity index (χ4v) is 5.08. The van der Waals surface area contributed by atoms with Crippen LogP contribution in [0.1, 0.15) is 12.0 Å². The molecule has 1 atom stereocenters. The normalized spacial score (nSPS) is 17.3. The molecule has 1 saturated heterocycles. The number of hydrogen-bond acceptors (Lipinski definition) is 6. The Labute approximate surface area is 202 Å². The zero-order valence-electron chi connectivity index (χ0n) is 19.5. The van der Waals surface area contributed by atoms with E-state index in [0.717, 1.165) is 66.2 Å². The van der Waals surface area contributed by atoms with Crippen LogP contribution in [0.25, 0.3) is 33.4 Å². The van der Waals surface area contributed by atoms with Gasteiger partial charge in [-0.25, -0.2) is 9.37 Å². The minimum atomic E-state index is -0.556. The Morgan fingerprint density at radius 2 is 2.09 bits per heavy atom. The van der Waals surface area contributed by atoms with E-state index in [1.807, 2.05) is 43.8 Å². The molecule has 0 amide bonds. The highest BCUT2D eigenvalue weighted by Crippen LogP contribution is 2.40. The third kappa shape index (κ3) is 3.78. The molecule has 35 heavy (non-hydrogen) atoms. The number of ether oxygens (including phenoxy) is 1. The van der Waals surface area contributed by atoms with Crippen molar-refractivity contribution in [3.63, 3.8) is 0 Å². The van der Waals surface area contributed by atoms with Crippen LogP contribution in [-0.4, -0.2) is 47.8 Å². The Hall–Kier alpha value is -3.96. The molecule has 176 valence electrons. The van der Waals surface area contributed by atoms with Gasteiger partial charge >= 0.3 is 0 Å². The van der Waals surface area contributed by atoms with Gasteiger partial charge in [-0.3, -0.25) is 4.98 Å². The molecule has 2 aromatic heterocycles. The van der Waals surface area contributed by atoms with E-state index in [-0.39, 0.29) is 5.56 Å². The van der Waals surface area contributed by atoms with E-state index in [1.165, 1.54) is 12.1 Å². The van der Waals surface area contributed by atoms with Gasteiger partial charge in [-0.2, -0.15) is 5.26 Å². The first-order valence-corrected chi connectivity index (χ1v) is 11.9. The van der Waals surface area contributed by atoms with Crippen molar-refractivity contribution in [2.24, 2.45) is 5.92 Å². The molecule has 4 heterocycles. The predicted molar refractivity (Wildman–Crippen MR) is 133 cm³/mol. The zero-order valence-corrected chi connectivity index (χ0v) is 19.5. The van der Waals surface area contributed by atoms with Gasteiger partial charge in [0.15, 0.2) is 0 Å². The fraction of sp³-hybridized carbons (Fsp3) is 0.296. The topological polar surface area (TPSA) is 79.0 Å². The summed E-state index contributed by atoms with van der Waals surface area (Å²) in [5.74, 6) is 0.784. The van der Waals surface area contributed by atoms with Gasteiger partial charge in [-0.1, -0.05) is 12.1 Å². The van der Waals surface area contributed by atoms with Crippen molar-refractivity contribution >= 4 is 16.7 Å². The van der Waals surface area contributed by atoms with E-state index < -0.39 is 5.82 Å². The fourth-order valence-electron chi connectivity index (χ4n) is 5.08. The van der Waals surface area contributed by atoms with E-state index in [1.54, 1.807) is 6.07 Å². The smallest absolute Gasteiger partial charge is 0.143 e. The van der Waals surface area contributed by atoms with E-state index in [4.69, 9.17) is 14.7 Å². The van der Waals surface area contributed by atoms with Crippen LogP contribution in [-0.2, 0) is 6.54 Å². The molecule has 6 rings (SSSR count). The number of fused-ring (bicyclic) bond motifs is 2. The number of aromatic nitrogens is 3. The third-order valence-corrected chi connectivity index (χ3v) is 6.99. The van der Waals surface area contributed by atoms with Gasteiger partial charge in [0.05, 0.1) is 41.5 Å². The molecule has 0 radical (unpaired) electrons. The first-order chi connectivity index (χ1) is 17.1. The summed E-state index contributed by atoms with van der Waals surface area (Å²) >= 11 is 0. The molecule has 0 aliphatic carbocycles. The number of benzene rings is 2. The number of pyridine rings is 1. The van der Waals surface area contributed by atoms with Gasteiger partial charge in [0, 0.05) is 24.7 Å².